The predicted octanol–water partition coefficient (Wildman–Crippen LogP) is 4.59. The number of phenols is 1. The summed E-state index contributed by atoms with van der Waals surface area (Å²) in [6.45, 7) is 3.75. The molecule has 0 atom stereocenters. The maximum absolute atomic E-state index is 12.5. The van der Waals surface area contributed by atoms with Crippen LogP contribution >= 0.6 is 11.8 Å². The summed E-state index contributed by atoms with van der Waals surface area (Å²) in [7, 11) is 1.62. The van der Waals surface area contributed by atoms with E-state index in [1.165, 1.54) is 11.8 Å². The van der Waals surface area contributed by atoms with Crippen molar-refractivity contribution in [2.24, 2.45) is 5.10 Å². The molecule has 0 aliphatic rings. The topological polar surface area (TPSA) is 102 Å². The van der Waals surface area contributed by atoms with Crippen molar-refractivity contribution in [3.63, 3.8) is 0 Å². The van der Waals surface area contributed by atoms with Crippen LogP contribution in [0.25, 0.3) is 17.1 Å². The molecular formula is C26H25N5O3S. The molecule has 0 aliphatic carbocycles. The Morgan fingerprint density at radius 2 is 1.77 bits per heavy atom. The third-order valence-electron chi connectivity index (χ3n) is 5.25. The number of amides is 1. The van der Waals surface area contributed by atoms with Gasteiger partial charge in [0.05, 0.1) is 18.6 Å². The number of benzene rings is 3. The van der Waals surface area contributed by atoms with Crippen molar-refractivity contribution < 1.29 is 14.6 Å². The summed E-state index contributed by atoms with van der Waals surface area (Å²) >= 11 is 1.26. The van der Waals surface area contributed by atoms with E-state index in [2.05, 4.69) is 20.7 Å². The fourth-order valence-electron chi connectivity index (χ4n) is 3.37. The first-order valence-electron chi connectivity index (χ1n) is 10.9. The quantitative estimate of drug-likeness (QED) is 0.214. The van der Waals surface area contributed by atoms with Crippen LogP contribution in [0.3, 0.4) is 0 Å². The number of para-hydroxylation sites is 1. The van der Waals surface area contributed by atoms with E-state index in [4.69, 9.17) is 4.74 Å². The van der Waals surface area contributed by atoms with Crippen molar-refractivity contribution in [3.8, 4) is 28.6 Å². The first-order valence-corrected chi connectivity index (χ1v) is 11.9. The Hall–Kier alpha value is -4.11. The van der Waals surface area contributed by atoms with Crippen molar-refractivity contribution in [1.29, 1.82) is 0 Å². The van der Waals surface area contributed by atoms with Gasteiger partial charge in [-0.2, -0.15) is 5.10 Å². The zero-order valence-corrected chi connectivity index (χ0v) is 20.4. The summed E-state index contributed by atoms with van der Waals surface area (Å²) in [5, 5.41) is 23.4. The lowest BCUT2D eigenvalue weighted by Gasteiger charge is -2.11. The van der Waals surface area contributed by atoms with Gasteiger partial charge in [-0.15, -0.1) is 10.2 Å². The number of phenolic OH excluding ortho intramolecular Hbond substituents is 1. The van der Waals surface area contributed by atoms with Crippen LogP contribution in [0.4, 0.5) is 0 Å². The number of ether oxygens (including phenoxy) is 1. The van der Waals surface area contributed by atoms with Crippen LogP contribution in [0.15, 0.2) is 83.1 Å². The summed E-state index contributed by atoms with van der Waals surface area (Å²) in [5.74, 6) is 1.30. The van der Waals surface area contributed by atoms with Crippen LogP contribution in [-0.4, -0.2) is 44.4 Å². The number of carbonyl (C=O) groups excluding carboxylic acids is 1. The molecule has 1 heterocycles. The average Bonchev–Trinajstić information content (AvgIpc) is 3.30. The summed E-state index contributed by atoms with van der Waals surface area (Å²) in [6.07, 6.45) is 0. The predicted molar refractivity (Wildman–Crippen MR) is 137 cm³/mol. The molecule has 178 valence electrons. The maximum Gasteiger partial charge on any atom is 0.250 e. The van der Waals surface area contributed by atoms with Crippen LogP contribution < -0.4 is 10.2 Å². The lowest BCUT2D eigenvalue weighted by Crippen LogP contribution is -2.21. The van der Waals surface area contributed by atoms with E-state index in [-0.39, 0.29) is 17.4 Å². The number of rotatable bonds is 8. The number of nitrogens with one attached hydrogen (secondary N) is 1. The lowest BCUT2D eigenvalue weighted by atomic mass is 10.1. The highest BCUT2D eigenvalue weighted by Gasteiger charge is 2.17. The van der Waals surface area contributed by atoms with E-state index in [1.807, 2.05) is 60.0 Å². The Labute approximate surface area is 207 Å². The summed E-state index contributed by atoms with van der Waals surface area (Å²) in [6, 6.07) is 22.4. The lowest BCUT2D eigenvalue weighted by molar-refractivity contribution is -0.118. The largest absolute Gasteiger partial charge is 0.507 e. The van der Waals surface area contributed by atoms with Gasteiger partial charge >= 0.3 is 0 Å². The molecule has 0 saturated heterocycles. The van der Waals surface area contributed by atoms with Crippen molar-refractivity contribution in [2.45, 2.75) is 19.0 Å². The van der Waals surface area contributed by atoms with Gasteiger partial charge in [0.2, 0.25) is 0 Å². The van der Waals surface area contributed by atoms with Gasteiger partial charge in [0.15, 0.2) is 11.0 Å². The van der Waals surface area contributed by atoms with Crippen LogP contribution in [-0.2, 0) is 4.79 Å². The van der Waals surface area contributed by atoms with Crippen LogP contribution in [0.2, 0.25) is 0 Å². The third-order valence-corrected chi connectivity index (χ3v) is 6.18. The molecule has 8 nitrogen and oxygen atoms in total. The number of hydrogen-bond donors (Lipinski definition) is 2. The van der Waals surface area contributed by atoms with Gasteiger partial charge in [-0.25, -0.2) is 5.43 Å². The van der Waals surface area contributed by atoms with E-state index in [0.29, 0.717) is 22.3 Å². The minimum Gasteiger partial charge on any atom is -0.507 e. The maximum atomic E-state index is 12.5. The number of nitrogens with zero attached hydrogens (tertiary/aromatic N) is 4. The number of hydrazone groups is 1. The molecule has 1 amide bonds. The highest BCUT2D eigenvalue weighted by atomic mass is 32.2. The Bertz CT molecular complexity index is 1350. The molecule has 0 aliphatic heterocycles. The van der Waals surface area contributed by atoms with E-state index in [1.54, 1.807) is 38.3 Å². The number of carbonyl (C=O) groups is 1. The highest BCUT2D eigenvalue weighted by molar-refractivity contribution is 7.99. The van der Waals surface area contributed by atoms with Gasteiger partial charge < -0.3 is 9.84 Å². The van der Waals surface area contributed by atoms with Gasteiger partial charge in [0, 0.05) is 16.8 Å². The molecule has 0 bridgehead atoms. The van der Waals surface area contributed by atoms with Crippen molar-refractivity contribution in [2.75, 3.05) is 12.9 Å². The average molecular weight is 488 g/mol. The van der Waals surface area contributed by atoms with Crippen molar-refractivity contribution in [3.05, 3.63) is 83.9 Å². The normalized spacial score (nSPS) is 11.3. The summed E-state index contributed by atoms with van der Waals surface area (Å²) in [5.41, 5.74) is 6.52. The number of aromatic hydroxyl groups is 1. The van der Waals surface area contributed by atoms with E-state index >= 15 is 0 Å². The number of methoxy groups -OCH3 is 1. The Kier molecular flexibility index (Phi) is 7.47. The number of aryl methyl sites for hydroxylation is 1. The van der Waals surface area contributed by atoms with E-state index < -0.39 is 0 Å². The second-order valence-electron chi connectivity index (χ2n) is 7.74. The molecule has 2 N–H and O–H groups in total. The highest BCUT2D eigenvalue weighted by Crippen LogP contribution is 2.29. The second kappa shape index (κ2) is 10.9. The zero-order valence-electron chi connectivity index (χ0n) is 19.6. The third kappa shape index (κ3) is 5.70. The molecule has 35 heavy (non-hydrogen) atoms. The monoisotopic (exact) mass is 487 g/mol. The Balaban J connectivity index is 1.55. The number of hydrogen-bond acceptors (Lipinski definition) is 7. The molecule has 0 unspecified atom stereocenters. The summed E-state index contributed by atoms with van der Waals surface area (Å²) < 4.78 is 7.20. The van der Waals surface area contributed by atoms with Crippen LogP contribution in [0.1, 0.15) is 18.1 Å². The Morgan fingerprint density at radius 3 is 2.46 bits per heavy atom. The molecule has 0 radical (unpaired) electrons. The van der Waals surface area contributed by atoms with Crippen molar-refractivity contribution in [1.82, 2.24) is 20.2 Å². The van der Waals surface area contributed by atoms with E-state index in [0.717, 1.165) is 22.6 Å². The minimum absolute atomic E-state index is 0.0831. The van der Waals surface area contributed by atoms with Crippen LogP contribution in [0, 0.1) is 6.92 Å². The number of thioether (sulfide) groups is 1. The number of aromatic nitrogens is 3. The van der Waals surface area contributed by atoms with Gasteiger partial charge in [-0.05, 0) is 50.2 Å². The molecule has 0 saturated carbocycles. The molecule has 3 aromatic carbocycles. The first kappa shape index (κ1) is 24.0. The summed E-state index contributed by atoms with van der Waals surface area (Å²) in [4.78, 5) is 12.5. The van der Waals surface area contributed by atoms with Crippen LogP contribution in [0.5, 0.6) is 11.5 Å². The van der Waals surface area contributed by atoms with Crippen molar-refractivity contribution >= 4 is 23.4 Å². The standard InChI is InChI=1S/C26H25N5O3S/c1-17-8-10-19(11-9-17)25-29-30-26(31(25)20-12-14-21(34-3)15-13-20)35-16-24(33)28-27-18(2)22-6-4-5-7-23(22)32/h4-15,32H,16H2,1-3H3,(H,28,33)/b27-18+. The molecule has 9 heteroatoms. The smallest absolute Gasteiger partial charge is 0.250 e. The molecule has 4 aromatic rings. The molecule has 1 aromatic heterocycles. The van der Waals surface area contributed by atoms with Gasteiger partial charge in [0.25, 0.3) is 5.91 Å². The Morgan fingerprint density at radius 1 is 1.06 bits per heavy atom. The molecule has 0 spiro atoms. The second-order valence-corrected chi connectivity index (χ2v) is 8.69. The zero-order chi connectivity index (χ0) is 24.8. The molecular weight excluding hydrogens is 462 g/mol. The fourth-order valence-corrected chi connectivity index (χ4v) is 4.11. The van der Waals surface area contributed by atoms with E-state index in [9.17, 15) is 9.90 Å². The van der Waals surface area contributed by atoms with Gasteiger partial charge in [0.1, 0.15) is 11.5 Å². The SMILES string of the molecule is COc1ccc(-n2c(SCC(=O)N/N=C(\C)c3ccccc3O)nnc2-c2ccc(C)cc2)cc1. The molecule has 0 fully saturated rings. The van der Waals surface area contributed by atoms with Gasteiger partial charge in [-0.3, -0.25) is 9.36 Å². The molecule has 4 rings (SSSR count). The van der Waals surface area contributed by atoms with Gasteiger partial charge in [-0.1, -0.05) is 53.7 Å². The first-order chi connectivity index (χ1) is 17.0. The minimum atomic E-state index is -0.300. The fraction of sp³-hybridized carbons (Fsp3) is 0.154.